The molecule has 0 spiro atoms. The standard InChI is InChI=1S/C34H33NO7S2/c1-41-19-22-10-12-23(13-11-22)30-14-15-31(43-30)34(18-32(36)37)17-16-29(35-21-44(34,39)40)33(38)42-20-28-26-8-4-2-6-24(26)25-7-3-5-9-27(25)28/h2-15,28-29,35H,16-21H2,1H3,(H,36,37). The number of benzene rings is 3. The van der Waals surface area contributed by atoms with Crippen molar-refractivity contribution in [3.05, 3.63) is 106 Å². The fraction of sp³-hybridized carbons (Fsp3) is 0.294. The minimum Gasteiger partial charge on any atom is -0.481 e. The lowest BCUT2D eigenvalue weighted by Crippen LogP contribution is -2.42. The summed E-state index contributed by atoms with van der Waals surface area (Å²) in [5.74, 6) is -2.42. The number of aliphatic carboxylic acids is 1. The Kier molecular flexibility index (Phi) is 8.43. The Morgan fingerprint density at radius 2 is 1.61 bits per heavy atom. The number of methoxy groups -OCH3 is 1. The van der Waals surface area contributed by atoms with Crippen LogP contribution in [0.3, 0.4) is 0 Å². The summed E-state index contributed by atoms with van der Waals surface area (Å²) in [4.78, 5) is 26.8. The zero-order valence-corrected chi connectivity index (χ0v) is 25.8. The van der Waals surface area contributed by atoms with Crippen molar-refractivity contribution in [3.8, 4) is 21.6 Å². The number of hydrogen-bond donors (Lipinski definition) is 2. The maximum atomic E-state index is 13.8. The largest absolute Gasteiger partial charge is 0.481 e. The van der Waals surface area contributed by atoms with E-state index in [1.165, 1.54) is 11.3 Å². The SMILES string of the molecule is COCc1ccc(-c2ccc(C3(CC(=O)O)CCC(C(=O)OCC4c5ccccc5-c5ccccc54)NCS3(=O)=O)s2)cc1. The summed E-state index contributed by atoms with van der Waals surface area (Å²) in [6.45, 7) is 0.600. The van der Waals surface area contributed by atoms with Crippen LogP contribution in [0, 0.1) is 0 Å². The zero-order chi connectivity index (χ0) is 30.9. The number of thiophene rings is 1. The van der Waals surface area contributed by atoms with Gasteiger partial charge in [-0.15, -0.1) is 11.3 Å². The van der Waals surface area contributed by atoms with E-state index in [0.29, 0.717) is 11.5 Å². The van der Waals surface area contributed by atoms with Gasteiger partial charge in [-0.05, 0) is 58.4 Å². The Morgan fingerprint density at radius 3 is 2.25 bits per heavy atom. The van der Waals surface area contributed by atoms with E-state index in [1.54, 1.807) is 13.2 Å². The molecule has 0 amide bonds. The number of carboxylic acids is 1. The second kappa shape index (κ2) is 12.3. The lowest BCUT2D eigenvalue weighted by atomic mass is 9.93. The lowest BCUT2D eigenvalue weighted by Gasteiger charge is -2.29. The maximum absolute atomic E-state index is 13.8. The van der Waals surface area contributed by atoms with Crippen LogP contribution in [0.15, 0.2) is 84.9 Å². The Hall–Kier alpha value is -3.83. The van der Waals surface area contributed by atoms with Crippen LogP contribution in [0.1, 0.15) is 46.7 Å². The van der Waals surface area contributed by atoms with Gasteiger partial charge in [-0.3, -0.25) is 14.9 Å². The number of fused-ring (bicyclic) bond motifs is 3. The van der Waals surface area contributed by atoms with Gasteiger partial charge in [-0.1, -0.05) is 72.8 Å². The molecular formula is C34H33NO7S2. The number of ether oxygens (including phenoxy) is 2. The van der Waals surface area contributed by atoms with Gasteiger partial charge >= 0.3 is 11.9 Å². The summed E-state index contributed by atoms with van der Waals surface area (Å²) in [5.41, 5.74) is 6.30. The fourth-order valence-corrected chi connectivity index (χ4v) is 9.84. The highest BCUT2D eigenvalue weighted by molar-refractivity contribution is 7.92. The number of carboxylic acid groups (broad SMARTS) is 1. The summed E-state index contributed by atoms with van der Waals surface area (Å²) in [6, 6.07) is 26.5. The molecule has 1 saturated heterocycles. The highest BCUT2D eigenvalue weighted by Gasteiger charge is 2.50. The second-order valence-corrected chi connectivity index (χ2v) is 14.7. The topological polar surface area (TPSA) is 119 Å². The molecule has 2 N–H and O–H groups in total. The van der Waals surface area contributed by atoms with Crippen molar-refractivity contribution < 1.29 is 32.6 Å². The zero-order valence-electron chi connectivity index (χ0n) is 24.2. The maximum Gasteiger partial charge on any atom is 0.323 e. The first-order chi connectivity index (χ1) is 21.2. The monoisotopic (exact) mass is 631 g/mol. The van der Waals surface area contributed by atoms with Gasteiger partial charge < -0.3 is 14.6 Å². The van der Waals surface area contributed by atoms with E-state index in [9.17, 15) is 23.1 Å². The van der Waals surface area contributed by atoms with Crippen molar-refractivity contribution in [2.24, 2.45) is 0 Å². The van der Waals surface area contributed by atoms with E-state index in [1.807, 2.05) is 66.7 Å². The van der Waals surface area contributed by atoms with Crippen LogP contribution in [0.25, 0.3) is 21.6 Å². The highest BCUT2D eigenvalue weighted by atomic mass is 32.2. The fourth-order valence-electron chi connectivity index (χ4n) is 6.37. The molecule has 1 aromatic heterocycles. The Bertz CT molecular complexity index is 1750. The van der Waals surface area contributed by atoms with E-state index >= 15 is 0 Å². The minimum absolute atomic E-state index is 0.0315. The molecule has 8 nitrogen and oxygen atoms in total. The average Bonchev–Trinajstić information content (AvgIpc) is 3.60. The molecule has 1 aliphatic carbocycles. The van der Waals surface area contributed by atoms with Crippen LogP contribution in [0.5, 0.6) is 0 Å². The summed E-state index contributed by atoms with van der Waals surface area (Å²) < 4.78 is 37.0. The third kappa shape index (κ3) is 5.59. The average molecular weight is 632 g/mol. The van der Waals surface area contributed by atoms with Gasteiger partial charge in [-0.2, -0.15) is 0 Å². The molecule has 10 heteroatoms. The number of nitrogens with one attached hydrogen (secondary N) is 1. The number of carbonyl (C=O) groups excluding carboxylic acids is 1. The first kappa shape index (κ1) is 30.2. The van der Waals surface area contributed by atoms with Crippen molar-refractivity contribution in [2.75, 3.05) is 19.6 Å². The smallest absolute Gasteiger partial charge is 0.323 e. The van der Waals surface area contributed by atoms with Crippen molar-refractivity contribution in [2.45, 2.75) is 42.6 Å². The van der Waals surface area contributed by atoms with E-state index in [2.05, 4.69) is 17.4 Å². The first-order valence-electron chi connectivity index (χ1n) is 14.4. The predicted molar refractivity (Wildman–Crippen MR) is 169 cm³/mol. The van der Waals surface area contributed by atoms with Gasteiger partial charge in [0, 0.05) is 22.8 Å². The van der Waals surface area contributed by atoms with E-state index in [-0.39, 0.29) is 25.4 Å². The number of esters is 1. The van der Waals surface area contributed by atoms with E-state index in [0.717, 1.165) is 38.3 Å². The van der Waals surface area contributed by atoms with Crippen LogP contribution in [-0.2, 0) is 40.3 Å². The third-order valence-electron chi connectivity index (χ3n) is 8.63. The molecule has 0 radical (unpaired) electrons. The number of carbonyl (C=O) groups is 2. The van der Waals surface area contributed by atoms with Crippen LogP contribution < -0.4 is 5.32 Å². The van der Waals surface area contributed by atoms with Crippen molar-refractivity contribution in [1.82, 2.24) is 5.32 Å². The van der Waals surface area contributed by atoms with Gasteiger partial charge in [0.1, 0.15) is 23.3 Å². The lowest BCUT2D eigenvalue weighted by molar-refractivity contribution is -0.146. The quantitative estimate of drug-likeness (QED) is 0.226. The molecule has 2 unspecified atom stereocenters. The molecule has 2 aliphatic rings. The molecule has 6 rings (SSSR count). The summed E-state index contributed by atoms with van der Waals surface area (Å²) >= 11 is 1.27. The first-order valence-corrected chi connectivity index (χ1v) is 16.9. The van der Waals surface area contributed by atoms with Crippen LogP contribution in [-0.4, -0.2) is 51.1 Å². The van der Waals surface area contributed by atoms with Crippen LogP contribution >= 0.6 is 11.3 Å². The molecule has 1 fully saturated rings. The molecule has 3 aromatic carbocycles. The molecule has 1 aliphatic heterocycles. The summed E-state index contributed by atoms with van der Waals surface area (Å²) in [7, 11) is -2.41. The Labute approximate surface area is 260 Å². The van der Waals surface area contributed by atoms with Crippen molar-refractivity contribution in [1.29, 1.82) is 0 Å². The molecule has 0 saturated carbocycles. The number of rotatable bonds is 9. The van der Waals surface area contributed by atoms with Crippen molar-refractivity contribution in [3.63, 3.8) is 0 Å². The van der Waals surface area contributed by atoms with Crippen LogP contribution in [0.4, 0.5) is 0 Å². The minimum atomic E-state index is -4.04. The predicted octanol–water partition coefficient (Wildman–Crippen LogP) is 5.71. The second-order valence-electron chi connectivity index (χ2n) is 11.3. The Morgan fingerprint density at radius 1 is 0.955 bits per heavy atom. The number of hydrogen-bond acceptors (Lipinski definition) is 8. The van der Waals surface area contributed by atoms with Gasteiger partial charge in [0.15, 0.2) is 9.84 Å². The van der Waals surface area contributed by atoms with E-state index < -0.39 is 44.9 Å². The molecule has 2 heterocycles. The summed E-state index contributed by atoms with van der Waals surface area (Å²) in [5, 5.41) is 12.8. The highest BCUT2D eigenvalue weighted by Crippen LogP contribution is 2.47. The molecule has 0 bridgehead atoms. The third-order valence-corrected chi connectivity index (χ3v) is 12.4. The normalized spacial score (nSPS) is 20.8. The van der Waals surface area contributed by atoms with E-state index in [4.69, 9.17) is 9.47 Å². The van der Waals surface area contributed by atoms with Crippen LogP contribution in [0.2, 0.25) is 0 Å². The van der Waals surface area contributed by atoms with Gasteiger partial charge in [-0.25, -0.2) is 8.42 Å². The van der Waals surface area contributed by atoms with Gasteiger partial charge in [0.2, 0.25) is 0 Å². The molecule has 44 heavy (non-hydrogen) atoms. The molecular weight excluding hydrogens is 599 g/mol. The number of sulfone groups is 1. The molecule has 228 valence electrons. The van der Waals surface area contributed by atoms with Gasteiger partial charge in [0.05, 0.1) is 13.0 Å². The van der Waals surface area contributed by atoms with Crippen molar-refractivity contribution >= 4 is 33.1 Å². The molecule has 4 aromatic rings. The summed E-state index contributed by atoms with van der Waals surface area (Å²) in [6.07, 6.45) is -0.514. The molecule has 2 atom stereocenters. The van der Waals surface area contributed by atoms with Gasteiger partial charge in [0.25, 0.3) is 0 Å². The Balaban J connectivity index is 1.22.